The number of fused-ring (bicyclic) bond motifs is 1. The number of hydrogen-bond donors (Lipinski definition) is 0. The maximum absolute atomic E-state index is 13.1. The molecule has 0 bridgehead atoms. The van der Waals surface area contributed by atoms with Gasteiger partial charge in [-0.15, -0.1) is 0 Å². The Morgan fingerprint density at radius 3 is 2.48 bits per heavy atom. The van der Waals surface area contributed by atoms with E-state index in [1.54, 1.807) is 31.1 Å². The van der Waals surface area contributed by atoms with Gasteiger partial charge in [-0.1, -0.05) is 26.0 Å². The summed E-state index contributed by atoms with van der Waals surface area (Å²) in [7, 11) is -0.119. The highest BCUT2D eigenvalue weighted by Gasteiger charge is 2.45. The van der Waals surface area contributed by atoms with E-state index >= 15 is 0 Å². The van der Waals surface area contributed by atoms with Crippen LogP contribution in [-0.4, -0.2) is 87.5 Å². The second kappa shape index (κ2) is 7.87. The fraction of sp³-hybridized carbons (Fsp3) is 0.632. The van der Waals surface area contributed by atoms with Crippen LogP contribution in [0.15, 0.2) is 29.2 Å². The molecule has 0 saturated carbocycles. The van der Waals surface area contributed by atoms with Crippen LogP contribution < -0.4 is 0 Å². The SMILES string of the molecule is CC(C)c1ccc(S(=O)(=O)N2C[C@H]3OCCN(CC(=O)N(C)C)[C@H]3C2)cc1. The van der Waals surface area contributed by atoms with Gasteiger partial charge < -0.3 is 9.64 Å². The van der Waals surface area contributed by atoms with Gasteiger partial charge in [-0.3, -0.25) is 9.69 Å². The molecule has 2 fully saturated rings. The molecule has 150 valence electrons. The van der Waals surface area contributed by atoms with Crippen LogP contribution in [0.3, 0.4) is 0 Å². The van der Waals surface area contributed by atoms with Crippen molar-refractivity contribution >= 4 is 15.9 Å². The topological polar surface area (TPSA) is 70.2 Å². The summed E-state index contributed by atoms with van der Waals surface area (Å²) in [6.07, 6.45) is -0.196. The van der Waals surface area contributed by atoms with Crippen molar-refractivity contribution in [3.8, 4) is 0 Å². The summed E-state index contributed by atoms with van der Waals surface area (Å²) in [5.41, 5.74) is 1.11. The number of carbonyl (C=O) groups is 1. The molecule has 2 aliphatic heterocycles. The minimum Gasteiger partial charge on any atom is -0.374 e. The van der Waals surface area contributed by atoms with Crippen molar-refractivity contribution in [2.75, 3.05) is 46.9 Å². The van der Waals surface area contributed by atoms with Gasteiger partial charge in [-0.25, -0.2) is 8.42 Å². The van der Waals surface area contributed by atoms with Gasteiger partial charge in [-0.2, -0.15) is 4.31 Å². The Morgan fingerprint density at radius 1 is 1.22 bits per heavy atom. The summed E-state index contributed by atoms with van der Waals surface area (Å²) in [6, 6.07) is 7.02. The van der Waals surface area contributed by atoms with E-state index < -0.39 is 10.0 Å². The zero-order valence-corrected chi connectivity index (χ0v) is 17.3. The second-order valence-electron chi connectivity index (χ2n) is 7.78. The van der Waals surface area contributed by atoms with Gasteiger partial charge in [0.15, 0.2) is 0 Å². The molecule has 0 N–H and O–H groups in total. The number of morpholine rings is 1. The number of amides is 1. The Bertz CT molecular complexity index is 777. The number of nitrogens with zero attached hydrogens (tertiary/aromatic N) is 3. The van der Waals surface area contributed by atoms with Gasteiger partial charge in [-0.05, 0) is 23.6 Å². The van der Waals surface area contributed by atoms with Gasteiger partial charge in [0.1, 0.15) is 0 Å². The summed E-state index contributed by atoms with van der Waals surface area (Å²) < 4.78 is 33.5. The van der Waals surface area contributed by atoms with Crippen LogP contribution in [-0.2, 0) is 19.6 Å². The first kappa shape index (κ1) is 20.3. The summed E-state index contributed by atoms with van der Waals surface area (Å²) in [5, 5.41) is 0. The molecule has 0 radical (unpaired) electrons. The molecule has 2 saturated heterocycles. The Balaban J connectivity index is 1.75. The summed E-state index contributed by atoms with van der Waals surface area (Å²) in [5.74, 6) is 0.369. The minimum absolute atomic E-state index is 0.0150. The van der Waals surface area contributed by atoms with Crippen molar-refractivity contribution in [3.05, 3.63) is 29.8 Å². The molecule has 27 heavy (non-hydrogen) atoms. The molecule has 1 aromatic carbocycles. The van der Waals surface area contributed by atoms with E-state index in [1.165, 1.54) is 4.31 Å². The third kappa shape index (κ3) is 4.18. The molecule has 0 unspecified atom stereocenters. The molecule has 2 atom stereocenters. The molecule has 1 aromatic rings. The molecule has 0 spiro atoms. The third-order valence-electron chi connectivity index (χ3n) is 5.40. The van der Waals surface area contributed by atoms with Crippen LogP contribution >= 0.6 is 0 Å². The van der Waals surface area contributed by atoms with E-state index in [0.29, 0.717) is 37.1 Å². The molecule has 1 amide bonds. The summed E-state index contributed by atoms with van der Waals surface area (Å²) >= 11 is 0. The normalized spacial score (nSPS) is 24.2. The van der Waals surface area contributed by atoms with Crippen molar-refractivity contribution in [2.45, 2.75) is 36.8 Å². The molecule has 3 rings (SSSR count). The van der Waals surface area contributed by atoms with E-state index in [1.807, 2.05) is 17.0 Å². The van der Waals surface area contributed by atoms with E-state index in [-0.39, 0.29) is 24.6 Å². The van der Waals surface area contributed by atoms with Crippen molar-refractivity contribution < 1.29 is 17.9 Å². The van der Waals surface area contributed by atoms with Crippen LogP contribution in [0.4, 0.5) is 0 Å². The molecular formula is C19H29N3O4S. The van der Waals surface area contributed by atoms with E-state index in [4.69, 9.17) is 4.74 Å². The Labute approximate surface area is 161 Å². The molecule has 0 aromatic heterocycles. The summed E-state index contributed by atoms with van der Waals surface area (Å²) in [4.78, 5) is 16.0. The van der Waals surface area contributed by atoms with Gasteiger partial charge >= 0.3 is 0 Å². The van der Waals surface area contributed by atoms with Gasteiger partial charge in [0, 0.05) is 33.7 Å². The highest BCUT2D eigenvalue weighted by Crippen LogP contribution is 2.28. The molecular weight excluding hydrogens is 366 g/mol. The zero-order valence-electron chi connectivity index (χ0n) is 16.5. The average molecular weight is 396 g/mol. The largest absolute Gasteiger partial charge is 0.374 e. The highest BCUT2D eigenvalue weighted by atomic mass is 32.2. The first-order valence-corrected chi connectivity index (χ1v) is 10.8. The lowest BCUT2D eigenvalue weighted by molar-refractivity contribution is -0.133. The smallest absolute Gasteiger partial charge is 0.243 e. The molecule has 2 aliphatic rings. The Hall–Kier alpha value is -1.48. The third-order valence-corrected chi connectivity index (χ3v) is 7.25. The number of sulfonamides is 1. The number of likely N-dealkylation sites (N-methyl/N-ethyl adjacent to an activating group) is 1. The van der Waals surface area contributed by atoms with Gasteiger partial charge in [0.25, 0.3) is 0 Å². The van der Waals surface area contributed by atoms with E-state index in [9.17, 15) is 13.2 Å². The van der Waals surface area contributed by atoms with Crippen molar-refractivity contribution in [1.82, 2.24) is 14.1 Å². The van der Waals surface area contributed by atoms with Gasteiger partial charge in [0.2, 0.25) is 15.9 Å². The molecule has 8 heteroatoms. The van der Waals surface area contributed by atoms with Crippen LogP contribution in [0, 0.1) is 0 Å². The number of benzene rings is 1. The fourth-order valence-corrected chi connectivity index (χ4v) is 5.08. The summed E-state index contributed by atoms with van der Waals surface area (Å²) in [6.45, 7) is 6.27. The number of rotatable bonds is 5. The highest BCUT2D eigenvalue weighted by molar-refractivity contribution is 7.89. The second-order valence-corrected chi connectivity index (χ2v) is 9.72. The van der Waals surface area contributed by atoms with E-state index in [0.717, 1.165) is 5.56 Å². The number of hydrogen-bond acceptors (Lipinski definition) is 5. The fourth-order valence-electron chi connectivity index (χ4n) is 3.61. The molecule has 2 heterocycles. The first-order chi connectivity index (χ1) is 12.7. The molecule has 7 nitrogen and oxygen atoms in total. The standard InChI is InChI=1S/C19H29N3O4S/c1-14(2)15-5-7-16(8-6-15)27(24,25)22-11-17-18(12-22)26-10-9-21(17)13-19(23)20(3)4/h5-8,14,17-18H,9-13H2,1-4H3/t17-,18+/m0/s1. The zero-order chi connectivity index (χ0) is 19.8. The van der Waals surface area contributed by atoms with Crippen molar-refractivity contribution in [3.63, 3.8) is 0 Å². The maximum Gasteiger partial charge on any atom is 0.243 e. The Kier molecular flexibility index (Phi) is 5.90. The predicted octanol–water partition coefficient (Wildman–Crippen LogP) is 0.972. The van der Waals surface area contributed by atoms with E-state index in [2.05, 4.69) is 13.8 Å². The van der Waals surface area contributed by atoms with Gasteiger partial charge in [0.05, 0.1) is 30.2 Å². The quantitative estimate of drug-likeness (QED) is 0.743. The van der Waals surface area contributed by atoms with Crippen molar-refractivity contribution in [1.29, 1.82) is 0 Å². The lowest BCUT2D eigenvalue weighted by Crippen LogP contribution is -2.53. The monoisotopic (exact) mass is 395 g/mol. The van der Waals surface area contributed by atoms with Crippen LogP contribution in [0.25, 0.3) is 0 Å². The number of ether oxygens (including phenoxy) is 1. The van der Waals surface area contributed by atoms with Crippen LogP contribution in [0.2, 0.25) is 0 Å². The first-order valence-electron chi connectivity index (χ1n) is 9.36. The molecule has 0 aliphatic carbocycles. The number of carbonyl (C=O) groups excluding carboxylic acids is 1. The van der Waals surface area contributed by atoms with Crippen LogP contribution in [0.1, 0.15) is 25.3 Å². The van der Waals surface area contributed by atoms with Crippen molar-refractivity contribution in [2.24, 2.45) is 0 Å². The maximum atomic E-state index is 13.1. The van der Waals surface area contributed by atoms with Crippen LogP contribution in [0.5, 0.6) is 0 Å². The average Bonchev–Trinajstić information content (AvgIpc) is 3.08. The lowest BCUT2D eigenvalue weighted by atomic mass is 10.0. The predicted molar refractivity (Wildman–Crippen MR) is 103 cm³/mol. The lowest BCUT2D eigenvalue weighted by Gasteiger charge is -2.36. The Morgan fingerprint density at radius 2 is 1.89 bits per heavy atom. The minimum atomic E-state index is -3.58.